The van der Waals surface area contributed by atoms with E-state index in [4.69, 9.17) is 0 Å². The van der Waals surface area contributed by atoms with E-state index in [9.17, 15) is 15.3 Å². The first-order chi connectivity index (χ1) is 27.6. The maximum Gasteiger partial charge on any atom is 0.337 e. The number of benzene rings is 3. The lowest BCUT2D eigenvalue weighted by Crippen LogP contribution is -2.58. The molecule has 0 saturated carbocycles. The van der Waals surface area contributed by atoms with Crippen LogP contribution in [0.25, 0.3) is 0 Å². The Morgan fingerprint density at radius 3 is 0.800 bits per heavy atom. The van der Waals surface area contributed by atoms with Crippen molar-refractivity contribution in [2.75, 3.05) is 0 Å². The van der Waals surface area contributed by atoms with Crippen molar-refractivity contribution in [3.8, 4) is 17.2 Å². The Kier molecular flexibility index (Phi) is 14.0. The number of hydrogen-bond acceptors (Lipinski definition) is 6. The normalized spacial score (nSPS) is 14.1. The van der Waals surface area contributed by atoms with Crippen LogP contribution in [0.3, 0.4) is 0 Å². The first kappa shape index (κ1) is 48.1. The highest BCUT2D eigenvalue weighted by molar-refractivity contribution is 5.55. The highest BCUT2D eigenvalue weighted by Gasteiger charge is 2.36. The third-order valence-corrected chi connectivity index (χ3v) is 12.7. The minimum atomic E-state index is -0.824. The molecule has 0 amide bonds. The lowest BCUT2D eigenvalue weighted by atomic mass is 9.81. The predicted octanol–water partition coefficient (Wildman–Crippen LogP) is 11.2. The van der Waals surface area contributed by atoms with Gasteiger partial charge in [-0.25, -0.2) is 28.1 Å². The van der Waals surface area contributed by atoms with Crippen molar-refractivity contribution in [2.24, 2.45) is 0 Å². The molecule has 3 N–H and O–H groups in total. The van der Waals surface area contributed by atoms with Crippen LogP contribution >= 0.6 is 0 Å². The second kappa shape index (κ2) is 17.4. The topological polar surface area (TPSA) is 127 Å². The van der Waals surface area contributed by atoms with Gasteiger partial charge in [0, 0.05) is 0 Å². The SMILES string of the molecule is CCCC(c1c(C)cc(C(C)(C)C)c(O)c1C)n1c(=O)n(C(CCC)c2c(C)cc(C(C)(C)C)c(O)c2C)c(=O)n(C(CCC)c2c(C)cc(C(C)(C)C)c(O)c2C)c1=O. The van der Waals surface area contributed by atoms with Crippen molar-refractivity contribution in [1.82, 2.24) is 13.7 Å². The number of phenolic OH excluding ortho intramolecular Hbond substituents is 3. The molecule has 0 fully saturated rings. The Balaban J connectivity index is 2.35. The van der Waals surface area contributed by atoms with Gasteiger partial charge in [-0.3, -0.25) is 0 Å². The van der Waals surface area contributed by atoms with Gasteiger partial charge in [-0.2, -0.15) is 0 Å². The van der Waals surface area contributed by atoms with E-state index in [1.165, 1.54) is 13.7 Å². The number of aromatic hydroxyl groups is 3. The quantitative estimate of drug-likeness (QED) is 0.131. The Bertz CT molecular complexity index is 2140. The molecule has 0 aliphatic carbocycles. The van der Waals surface area contributed by atoms with Crippen LogP contribution in [0.15, 0.2) is 32.6 Å². The van der Waals surface area contributed by atoms with E-state index in [1.54, 1.807) is 0 Å². The van der Waals surface area contributed by atoms with Gasteiger partial charge in [-0.1, -0.05) is 121 Å². The van der Waals surface area contributed by atoms with Gasteiger partial charge in [0.25, 0.3) is 0 Å². The molecule has 1 heterocycles. The fraction of sp³-hybridized carbons (Fsp3) is 0.588. The Labute approximate surface area is 359 Å². The number of aromatic nitrogens is 3. The monoisotopic (exact) mass is 826 g/mol. The van der Waals surface area contributed by atoms with E-state index < -0.39 is 35.2 Å². The number of hydrogen-bond donors (Lipinski definition) is 3. The van der Waals surface area contributed by atoms with Crippen molar-refractivity contribution >= 4 is 0 Å². The van der Waals surface area contributed by atoms with E-state index in [0.29, 0.717) is 71.9 Å². The van der Waals surface area contributed by atoms with Gasteiger partial charge < -0.3 is 15.3 Å². The molecular formula is C51H75N3O6. The molecule has 60 heavy (non-hydrogen) atoms. The summed E-state index contributed by atoms with van der Waals surface area (Å²) in [6, 6.07) is 3.40. The molecule has 1 aromatic heterocycles. The minimum absolute atomic E-state index is 0.125. The molecule has 9 heteroatoms. The number of nitrogens with zero attached hydrogens (tertiary/aromatic N) is 3. The predicted molar refractivity (Wildman–Crippen MR) is 247 cm³/mol. The number of aryl methyl sites for hydroxylation is 3. The highest BCUT2D eigenvalue weighted by atomic mass is 16.3. The van der Waals surface area contributed by atoms with Gasteiger partial charge in [-0.15, -0.1) is 0 Å². The second-order valence-corrected chi connectivity index (χ2v) is 20.5. The zero-order chi connectivity index (χ0) is 45.7. The van der Waals surface area contributed by atoms with Crippen LogP contribution in [-0.4, -0.2) is 29.0 Å². The smallest absolute Gasteiger partial charge is 0.337 e. The van der Waals surface area contributed by atoms with Crippen LogP contribution in [0.2, 0.25) is 0 Å². The molecule has 0 aliphatic heterocycles. The molecule has 4 rings (SSSR count). The van der Waals surface area contributed by atoms with E-state index in [-0.39, 0.29) is 33.5 Å². The second-order valence-electron chi connectivity index (χ2n) is 20.5. The summed E-state index contributed by atoms with van der Waals surface area (Å²) >= 11 is 0. The summed E-state index contributed by atoms with van der Waals surface area (Å²) in [6.45, 7) is 35.7. The zero-order valence-electron chi connectivity index (χ0n) is 40.1. The number of phenols is 3. The Morgan fingerprint density at radius 2 is 0.633 bits per heavy atom. The van der Waals surface area contributed by atoms with Crippen molar-refractivity contribution in [3.05, 3.63) is 116 Å². The molecule has 9 nitrogen and oxygen atoms in total. The van der Waals surface area contributed by atoms with E-state index in [2.05, 4.69) is 0 Å². The fourth-order valence-electron chi connectivity index (χ4n) is 9.64. The van der Waals surface area contributed by atoms with E-state index in [1.807, 2.05) is 143 Å². The molecule has 3 unspecified atom stereocenters. The standard InChI is InChI=1S/C51H75N3O6/c1-19-22-37(40-28(4)25-34(49(10,11)12)43(55)31(40)7)52-46(58)53(38(23-20-2)41-29(5)26-35(50(13,14)15)44(56)32(41)8)48(60)54(47(52)59)39(24-21-3)42-30(6)27-36(51(16,17)18)45(57)33(42)9/h25-27,37-39,55-57H,19-24H2,1-18H3. The molecule has 0 aliphatic rings. The number of rotatable bonds is 12. The Morgan fingerprint density at radius 1 is 0.433 bits per heavy atom. The van der Waals surface area contributed by atoms with Crippen molar-refractivity contribution in [3.63, 3.8) is 0 Å². The van der Waals surface area contributed by atoms with Crippen molar-refractivity contribution < 1.29 is 15.3 Å². The molecule has 0 radical (unpaired) electrons. The first-order valence-corrected chi connectivity index (χ1v) is 22.1. The molecule has 4 aromatic rings. The van der Waals surface area contributed by atoms with Gasteiger partial charge >= 0.3 is 17.1 Å². The average molecular weight is 826 g/mol. The van der Waals surface area contributed by atoms with Crippen LogP contribution < -0.4 is 17.1 Å². The molecule has 0 bridgehead atoms. The lowest BCUT2D eigenvalue weighted by molar-refractivity contribution is 0.349. The summed E-state index contributed by atoms with van der Waals surface area (Å²) in [5.74, 6) is 0.375. The Hall–Kier alpha value is -4.53. The molecule has 3 atom stereocenters. The molecule has 3 aromatic carbocycles. The average Bonchev–Trinajstić information content (AvgIpc) is 3.11. The van der Waals surface area contributed by atoms with Crippen LogP contribution in [0, 0.1) is 41.5 Å². The van der Waals surface area contributed by atoms with Gasteiger partial charge in [0.05, 0.1) is 18.1 Å². The van der Waals surface area contributed by atoms with Gasteiger partial charge in [-0.05, 0) is 144 Å². The largest absolute Gasteiger partial charge is 0.507 e. The van der Waals surface area contributed by atoms with Crippen LogP contribution in [0.5, 0.6) is 17.2 Å². The van der Waals surface area contributed by atoms with Gasteiger partial charge in [0.1, 0.15) is 17.2 Å². The lowest BCUT2D eigenvalue weighted by Gasteiger charge is -2.32. The molecule has 330 valence electrons. The fourth-order valence-corrected chi connectivity index (χ4v) is 9.64. The van der Waals surface area contributed by atoms with Crippen LogP contribution in [0.1, 0.15) is 206 Å². The minimum Gasteiger partial charge on any atom is -0.507 e. The first-order valence-electron chi connectivity index (χ1n) is 22.1. The van der Waals surface area contributed by atoms with Gasteiger partial charge in [0.2, 0.25) is 0 Å². The maximum absolute atomic E-state index is 15.6. The third kappa shape index (κ3) is 8.65. The van der Waals surface area contributed by atoms with E-state index in [0.717, 1.165) is 33.4 Å². The maximum atomic E-state index is 15.6. The summed E-state index contributed by atoms with van der Waals surface area (Å²) in [4.78, 5) is 46.9. The van der Waals surface area contributed by atoms with Crippen molar-refractivity contribution in [2.45, 2.75) is 198 Å². The summed E-state index contributed by atoms with van der Waals surface area (Å²) in [6.07, 6.45) is 2.98. The molecule has 0 saturated heterocycles. The van der Waals surface area contributed by atoms with E-state index >= 15 is 14.4 Å². The zero-order valence-corrected chi connectivity index (χ0v) is 40.1. The summed E-state index contributed by atoms with van der Waals surface area (Å²) in [7, 11) is 0. The summed E-state index contributed by atoms with van der Waals surface area (Å²) < 4.78 is 3.80. The summed E-state index contributed by atoms with van der Waals surface area (Å²) in [5.41, 5.74) is 5.31. The van der Waals surface area contributed by atoms with Gasteiger partial charge in [0.15, 0.2) is 0 Å². The van der Waals surface area contributed by atoms with Crippen LogP contribution in [0.4, 0.5) is 0 Å². The summed E-state index contributed by atoms with van der Waals surface area (Å²) in [5, 5.41) is 35.3. The molecule has 0 spiro atoms. The molecular weight excluding hydrogens is 751 g/mol. The third-order valence-electron chi connectivity index (χ3n) is 12.7. The van der Waals surface area contributed by atoms with Crippen LogP contribution in [-0.2, 0) is 16.2 Å². The van der Waals surface area contributed by atoms with Crippen molar-refractivity contribution in [1.29, 1.82) is 0 Å². The highest BCUT2D eigenvalue weighted by Crippen LogP contribution is 2.43.